The summed E-state index contributed by atoms with van der Waals surface area (Å²) in [4.78, 5) is 11.5. The van der Waals surface area contributed by atoms with Gasteiger partial charge in [-0.15, -0.1) is 0 Å². The normalized spacial score (nSPS) is 25.1. The van der Waals surface area contributed by atoms with Crippen LogP contribution in [-0.2, 0) is 9.53 Å². The highest BCUT2D eigenvalue weighted by Crippen LogP contribution is 2.05. The van der Waals surface area contributed by atoms with E-state index in [1.807, 2.05) is 0 Å². The van der Waals surface area contributed by atoms with E-state index in [9.17, 15) is 4.79 Å². The van der Waals surface area contributed by atoms with Crippen molar-refractivity contribution in [3.8, 4) is 0 Å². The van der Waals surface area contributed by atoms with Crippen LogP contribution in [-0.4, -0.2) is 38.3 Å². The summed E-state index contributed by atoms with van der Waals surface area (Å²) < 4.78 is 4.96. The molecule has 0 aromatic carbocycles. The summed E-state index contributed by atoms with van der Waals surface area (Å²) in [6.07, 6.45) is 2.87. The van der Waals surface area contributed by atoms with Crippen LogP contribution in [0.5, 0.6) is 0 Å². The summed E-state index contributed by atoms with van der Waals surface area (Å²) in [7, 11) is 1.55. The Labute approximate surface area is 85.4 Å². The zero-order valence-electron chi connectivity index (χ0n) is 9.01. The molecular formula is C10H20N2O2. The SMILES string of the molecule is COC(C)C(=O)NC1CCCNCC1. The predicted molar refractivity (Wildman–Crippen MR) is 55.1 cm³/mol. The van der Waals surface area contributed by atoms with E-state index >= 15 is 0 Å². The molecule has 2 unspecified atom stereocenters. The van der Waals surface area contributed by atoms with E-state index in [-0.39, 0.29) is 12.0 Å². The fourth-order valence-electron chi connectivity index (χ4n) is 1.59. The summed E-state index contributed by atoms with van der Waals surface area (Å²) in [6, 6.07) is 0.315. The lowest BCUT2D eigenvalue weighted by molar-refractivity contribution is -0.130. The number of nitrogens with one attached hydrogen (secondary N) is 2. The largest absolute Gasteiger partial charge is 0.372 e. The van der Waals surface area contributed by atoms with Crippen molar-refractivity contribution in [2.45, 2.75) is 38.3 Å². The zero-order valence-corrected chi connectivity index (χ0v) is 9.01. The minimum atomic E-state index is -0.341. The summed E-state index contributed by atoms with van der Waals surface area (Å²) >= 11 is 0. The van der Waals surface area contributed by atoms with Crippen LogP contribution in [0, 0.1) is 0 Å². The number of rotatable bonds is 3. The maximum atomic E-state index is 11.5. The van der Waals surface area contributed by atoms with Gasteiger partial charge in [0.15, 0.2) is 0 Å². The van der Waals surface area contributed by atoms with Crippen molar-refractivity contribution in [1.82, 2.24) is 10.6 Å². The van der Waals surface area contributed by atoms with Gasteiger partial charge in [-0.3, -0.25) is 4.79 Å². The minimum absolute atomic E-state index is 0.000556. The smallest absolute Gasteiger partial charge is 0.249 e. The van der Waals surface area contributed by atoms with E-state index in [1.165, 1.54) is 0 Å². The van der Waals surface area contributed by atoms with Crippen LogP contribution in [0.3, 0.4) is 0 Å². The van der Waals surface area contributed by atoms with Gasteiger partial charge in [0, 0.05) is 13.2 Å². The van der Waals surface area contributed by atoms with Crippen molar-refractivity contribution >= 4 is 5.91 Å². The fraction of sp³-hybridized carbons (Fsp3) is 0.900. The Kier molecular flexibility index (Phi) is 4.90. The van der Waals surface area contributed by atoms with Crippen LogP contribution >= 0.6 is 0 Å². The second-order valence-corrected chi connectivity index (χ2v) is 3.76. The lowest BCUT2D eigenvalue weighted by Crippen LogP contribution is -2.41. The fourth-order valence-corrected chi connectivity index (χ4v) is 1.59. The quantitative estimate of drug-likeness (QED) is 0.688. The van der Waals surface area contributed by atoms with E-state index in [2.05, 4.69) is 10.6 Å². The van der Waals surface area contributed by atoms with E-state index < -0.39 is 0 Å². The molecule has 4 nitrogen and oxygen atoms in total. The number of amides is 1. The molecule has 2 atom stereocenters. The maximum Gasteiger partial charge on any atom is 0.249 e. The molecule has 2 N–H and O–H groups in total. The molecule has 1 amide bonds. The molecule has 0 spiro atoms. The van der Waals surface area contributed by atoms with Crippen LogP contribution in [0.15, 0.2) is 0 Å². The molecule has 0 aromatic heterocycles. The number of methoxy groups -OCH3 is 1. The molecule has 1 aliphatic rings. The van der Waals surface area contributed by atoms with Gasteiger partial charge >= 0.3 is 0 Å². The first-order chi connectivity index (χ1) is 6.74. The van der Waals surface area contributed by atoms with Crippen molar-refractivity contribution in [2.75, 3.05) is 20.2 Å². The van der Waals surface area contributed by atoms with E-state index in [0.717, 1.165) is 32.4 Å². The Morgan fingerprint density at radius 1 is 1.50 bits per heavy atom. The molecule has 4 heteroatoms. The first-order valence-electron chi connectivity index (χ1n) is 5.28. The van der Waals surface area contributed by atoms with Crippen LogP contribution in [0.2, 0.25) is 0 Å². The highest BCUT2D eigenvalue weighted by molar-refractivity contribution is 5.80. The van der Waals surface area contributed by atoms with Crippen molar-refractivity contribution in [2.24, 2.45) is 0 Å². The Bertz CT molecular complexity index is 177. The van der Waals surface area contributed by atoms with E-state index in [1.54, 1.807) is 14.0 Å². The Balaban J connectivity index is 2.30. The summed E-state index contributed by atoms with van der Waals surface area (Å²) in [6.45, 7) is 3.82. The third-order valence-corrected chi connectivity index (χ3v) is 2.64. The Morgan fingerprint density at radius 3 is 3.00 bits per heavy atom. The Morgan fingerprint density at radius 2 is 2.29 bits per heavy atom. The molecule has 82 valence electrons. The van der Waals surface area contributed by atoms with Gasteiger partial charge in [0.2, 0.25) is 5.91 Å². The highest BCUT2D eigenvalue weighted by Gasteiger charge is 2.17. The van der Waals surface area contributed by atoms with Crippen molar-refractivity contribution in [1.29, 1.82) is 0 Å². The summed E-state index contributed by atoms with van der Waals surface area (Å²) in [5.74, 6) is -0.000556. The molecule has 0 aromatic rings. The van der Waals surface area contributed by atoms with Crippen LogP contribution in [0.25, 0.3) is 0 Å². The first kappa shape index (κ1) is 11.5. The first-order valence-corrected chi connectivity index (χ1v) is 5.28. The third-order valence-electron chi connectivity index (χ3n) is 2.64. The predicted octanol–water partition coefficient (Wildman–Crippen LogP) is 0.280. The van der Waals surface area contributed by atoms with Crippen molar-refractivity contribution in [3.05, 3.63) is 0 Å². The second-order valence-electron chi connectivity index (χ2n) is 3.76. The van der Waals surface area contributed by atoms with Gasteiger partial charge in [-0.1, -0.05) is 0 Å². The molecule has 0 saturated carbocycles. The number of hydrogen-bond donors (Lipinski definition) is 2. The van der Waals surface area contributed by atoms with Crippen LogP contribution in [0.1, 0.15) is 26.2 Å². The van der Waals surface area contributed by atoms with Gasteiger partial charge in [0.05, 0.1) is 0 Å². The van der Waals surface area contributed by atoms with E-state index in [0.29, 0.717) is 6.04 Å². The number of carbonyl (C=O) groups is 1. The maximum absolute atomic E-state index is 11.5. The average molecular weight is 200 g/mol. The molecule has 1 fully saturated rings. The molecule has 1 saturated heterocycles. The second kappa shape index (κ2) is 5.98. The highest BCUT2D eigenvalue weighted by atomic mass is 16.5. The summed E-state index contributed by atoms with van der Waals surface area (Å²) in [5.41, 5.74) is 0. The molecule has 0 radical (unpaired) electrons. The Hall–Kier alpha value is -0.610. The molecule has 14 heavy (non-hydrogen) atoms. The van der Waals surface area contributed by atoms with Gasteiger partial charge in [0.1, 0.15) is 6.10 Å². The van der Waals surface area contributed by atoms with Gasteiger partial charge in [-0.05, 0) is 39.3 Å². The zero-order chi connectivity index (χ0) is 10.4. The number of hydrogen-bond acceptors (Lipinski definition) is 3. The lowest BCUT2D eigenvalue weighted by atomic mass is 10.1. The van der Waals surface area contributed by atoms with Gasteiger partial charge in [-0.2, -0.15) is 0 Å². The van der Waals surface area contributed by atoms with Crippen LogP contribution < -0.4 is 10.6 Å². The standard InChI is InChI=1S/C10H20N2O2/c1-8(14-2)10(13)12-9-4-3-6-11-7-5-9/h8-9,11H,3-7H2,1-2H3,(H,12,13). The monoisotopic (exact) mass is 200 g/mol. The topological polar surface area (TPSA) is 50.4 Å². The molecule has 0 aliphatic carbocycles. The number of ether oxygens (including phenoxy) is 1. The van der Waals surface area contributed by atoms with Gasteiger partial charge in [-0.25, -0.2) is 0 Å². The minimum Gasteiger partial charge on any atom is -0.372 e. The van der Waals surface area contributed by atoms with Crippen LogP contribution in [0.4, 0.5) is 0 Å². The molecule has 1 aliphatic heterocycles. The average Bonchev–Trinajstić information content (AvgIpc) is 2.45. The summed E-state index contributed by atoms with van der Waals surface area (Å²) in [5, 5.41) is 6.32. The van der Waals surface area contributed by atoms with E-state index in [4.69, 9.17) is 4.74 Å². The molecule has 1 heterocycles. The number of carbonyl (C=O) groups excluding carboxylic acids is 1. The molecular weight excluding hydrogens is 180 g/mol. The lowest BCUT2D eigenvalue weighted by Gasteiger charge is -2.18. The molecule has 0 bridgehead atoms. The van der Waals surface area contributed by atoms with Gasteiger partial charge in [0.25, 0.3) is 0 Å². The van der Waals surface area contributed by atoms with Gasteiger partial charge < -0.3 is 15.4 Å². The third kappa shape index (κ3) is 3.64. The molecule has 1 rings (SSSR count). The van der Waals surface area contributed by atoms with Crippen molar-refractivity contribution in [3.63, 3.8) is 0 Å². The van der Waals surface area contributed by atoms with Crippen molar-refractivity contribution < 1.29 is 9.53 Å².